The Morgan fingerprint density at radius 1 is 1.15 bits per heavy atom. The summed E-state index contributed by atoms with van der Waals surface area (Å²) in [6, 6.07) is 10.2. The summed E-state index contributed by atoms with van der Waals surface area (Å²) >= 11 is 1.65. The van der Waals surface area contributed by atoms with Gasteiger partial charge < -0.3 is 10.4 Å². The number of aryl methyl sites for hydroxylation is 2. The monoisotopic (exact) mass is 284 g/mol. The predicted molar refractivity (Wildman–Crippen MR) is 84.5 cm³/mol. The predicted octanol–water partition coefficient (Wildman–Crippen LogP) is 4.23. The van der Waals surface area contributed by atoms with Gasteiger partial charge in [-0.1, -0.05) is 12.1 Å². The van der Waals surface area contributed by atoms with Crippen LogP contribution >= 0.6 is 11.3 Å². The maximum atomic E-state index is 9.78. The fourth-order valence-corrected chi connectivity index (χ4v) is 3.03. The van der Waals surface area contributed by atoms with Crippen molar-refractivity contribution in [3.63, 3.8) is 0 Å². The van der Waals surface area contributed by atoms with Crippen LogP contribution in [0.1, 0.15) is 16.7 Å². The second kappa shape index (κ2) is 5.13. The molecule has 0 fully saturated rings. The van der Waals surface area contributed by atoms with Gasteiger partial charge in [-0.3, -0.25) is 0 Å². The molecule has 4 heteroatoms. The number of benzene rings is 2. The molecule has 3 rings (SSSR count). The van der Waals surface area contributed by atoms with E-state index in [0.717, 1.165) is 28.9 Å². The van der Waals surface area contributed by atoms with Crippen LogP contribution in [-0.4, -0.2) is 10.1 Å². The van der Waals surface area contributed by atoms with Gasteiger partial charge in [0.2, 0.25) is 0 Å². The van der Waals surface area contributed by atoms with Crippen molar-refractivity contribution in [2.45, 2.75) is 20.4 Å². The van der Waals surface area contributed by atoms with Crippen molar-refractivity contribution in [2.75, 3.05) is 5.32 Å². The molecule has 1 heterocycles. The molecule has 3 nitrogen and oxygen atoms in total. The smallest absolute Gasteiger partial charge is 0.121 e. The normalized spacial score (nSPS) is 10.9. The Hall–Kier alpha value is -2.07. The molecule has 0 unspecified atom stereocenters. The lowest BCUT2D eigenvalue weighted by molar-refractivity contribution is 0.466. The molecule has 0 saturated heterocycles. The summed E-state index contributed by atoms with van der Waals surface area (Å²) < 4.78 is 1.19. The van der Waals surface area contributed by atoms with Crippen molar-refractivity contribution in [3.8, 4) is 5.75 Å². The van der Waals surface area contributed by atoms with E-state index in [1.165, 1.54) is 10.3 Å². The number of nitrogens with one attached hydrogen (secondary N) is 1. The number of nitrogens with zero attached hydrogens (tertiary/aromatic N) is 1. The Kier molecular flexibility index (Phi) is 3.32. The molecule has 1 aromatic heterocycles. The van der Waals surface area contributed by atoms with Gasteiger partial charge in [-0.05, 0) is 48.7 Å². The molecule has 0 radical (unpaired) electrons. The first-order chi connectivity index (χ1) is 9.63. The number of aromatic nitrogens is 1. The summed E-state index contributed by atoms with van der Waals surface area (Å²) in [5, 5.41) is 13.2. The lowest BCUT2D eigenvalue weighted by Crippen LogP contribution is -2.00. The van der Waals surface area contributed by atoms with Crippen molar-refractivity contribution in [1.82, 2.24) is 4.98 Å². The van der Waals surface area contributed by atoms with Crippen molar-refractivity contribution in [1.29, 1.82) is 0 Å². The van der Waals surface area contributed by atoms with E-state index in [0.29, 0.717) is 5.75 Å². The van der Waals surface area contributed by atoms with Crippen LogP contribution in [0, 0.1) is 13.8 Å². The quantitative estimate of drug-likeness (QED) is 0.756. The maximum Gasteiger partial charge on any atom is 0.121 e. The molecule has 102 valence electrons. The molecule has 0 atom stereocenters. The number of aromatic hydroxyl groups is 1. The van der Waals surface area contributed by atoms with Crippen LogP contribution in [0.25, 0.3) is 10.2 Å². The third-order valence-corrected chi connectivity index (χ3v) is 4.17. The van der Waals surface area contributed by atoms with Crippen molar-refractivity contribution in [3.05, 3.63) is 52.5 Å². The van der Waals surface area contributed by atoms with E-state index in [2.05, 4.69) is 16.4 Å². The summed E-state index contributed by atoms with van der Waals surface area (Å²) in [7, 11) is 0. The first kappa shape index (κ1) is 12.9. The van der Waals surface area contributed by atoms with E-state index in [9.17, 15) is 5.11 Å². The minimum absolute atomic E-state index is 0.389. The summed E-state index contributed by atoms with van der Waals surface area (Å²) in [4.78, 5) is 4.27. The fourth-order valence-electron chi connectivity index (χ4n) is 2.32. The van der Waals surface area contributed by atoms with Crippen molar-refractivity contribution in [2.24, 2.45) is 0 Å². The first-order valence-electron chi connectivity index (χ1n) is 6.50. The summed E-state index contributed by atoms with van der Waals surface area (Å²) in [6.45, 7) is 4.59. The van der Waals surface area contributed by atoms with Gasteiger partial charge in [0.15, 0.2) is 0 Å². The summed E-state index contributed by atoms with van der Waals surface area (Å²) in [5.74, 6) is 0.389. The number of hydrogen-bond donors (Lipinski definition) is 2. The Morgan fingerprint density at radius 3 is 2.65 bits per heavy atom. The molecule has 2 N–H and O–H groups in total. The number of hydrogen-bond acceptors (Lipinski definition) is 4. The second-order valence-electron chi connectivity index (χ2n) is 4.97. The topological polar surface area (TPSA) is 45.2 Å². The Bertz CT molecular complexity index is 741. The van der Waals surface area contributed by atoms with Gasteiger partial charge in [0.1, 0.15) is 5.75 Å². The van der Waals surface area contributed by atoms with E-state index in [-0.39, 0.29) is 0 Å². The van der Waals surface area contributed by atoms with Crippen LogP contribution in [0.15, 0.2) is 35.8 Å². The van der Waals surface area contributed by atoms with Crippen molar-refractivity contribution >= 4 is 27.2 Å². The van der Waals surface area contributed by atoms with Gasteiger partial charge in [-0.15, -0.1) is 11.3 Å². The molecule has 0 aliphatic carbocycles. The standard InChI is InChI=1S/C16H16N2OS/c1-10-5-12(6-11(2)16(10)19)8-17-13-3-4-14-15(7-13)20-9-18-14/h3-7,9,17,19H,8H2,1-2H3. The third kappa shape index (κ3) is 2.47. The van der Waals surface area contributed by atoms with Gasteiger partial charge in [0, 0.05) is 12.2 Å². The molecule has 0 amide bonds. The zero-order valence-electron chi connectivity index (χ0n) is 11.5. The van der Waals surface area contributed by atoms with Crippen LogP contribution in [0.5, 0.6) is 5.75 Å². The molecular weight excluding hydrogens is 268 g/mol. The van der Waals surface area contributed by atoms with Gasteiger partial charge in [-0.25, -0.2) is 4.98 Å². The molecule has 0 bridgehead atoms. The Morgan fingerprint density at radius 2 is 1.90 bits per heavy atom. The molecule has 2 aromatic carbocycles. The Balaban J connectivity index is 1.78. The number of thiazole rings is 1. The largest absolute Gasteiger partial charge is 0.507 e. The lowest BCUT2D eigenvalue weighted by Gasteiger charge is -2.10. The molecule has 0 aliphatic rings. The van der Waals surface area contributed by atoms with E-state index < -0.39 is 0 Å². The lowest BCUT2D eigenvalue weighted by atomic mass is 10.1. The molecule has 3 aromatic rings. The van der Waals surface area contributed by atoms with Crippen LogP contribution in [0.2, 0.25) is 0 Å². The highest BCUT2D eigenvalue weighted by atomic mass is 32.1. The zero-order valence-corrected chi connectivity index (χ0v) is 12.3. The van der Waals surface area contributed by atoms with Crippen LogP contribution < -0.4 is 5.32 Å². The minimum Gasteiger partial charge on any atom is -0.507 e. The van der Waals surface area contributed by atoms with Gasteiger partial charge in [0.05, 0.1) is 15.7 Å². The maximum absolute atomic E-state index is 9.78. The van der Waals surface area contributed by atoms with Crippen LogP contribution in [0.3, 0.4) is 0 Å². The second-order valence-corrected chi connectivity index (χ2v) is 5.85. The molecule has 20 heavy (non-hydrogen) atoms. The average molecular weight is 284 g/mol. The fraction of sp³-hybridized carbons (Fsp3) is 0.188. The number of fused-ring (bicyclic) bond motifs is 1. The molecule has 0 spiro atoms. The summed E-state index contributed by atoms with van der Waals surface area (Å²) in [5.41, 5.74) is 6.99. The van der Waals surface area contributed by atoms with Gasteiger partial charge in [-0.2, -0.15) is 0 Å². The van der Waals surface area contributed by atoms with Crippen LogP contribution in [-0.2, 0) is 6.54 Å². The average Bonchev–Trinajstić information content (AvgIpc) is 2.89. The summed E-state index contributed by atoms with van der Waals surface area (Å²) in [6.07, 6.45) is 0. The molecule has 0 aliphatic heterocycles. The van der Waals surface area contributed by atoms with E-state index in [1.54, 1.807) is 11.3 Å². The zero-order chi connectivity index (χ0) is 14.1. The SMILES string of the molecule is Cc1cc(CNc2ccc3ncsc3c2)cc(C)c1O. The van der Waals surface area contributed by atoms with E-state index in [1.807, 2.05) is 43.6 Å². The van der Waals surface area contributed by atoms with E-state index in [4.69, 9.17) is 0 Å². The number of phenols is 1. The number of anilines is 1. The highest BCUT2D eigenvalue weighted by molar-refractivity contribution is 7.16. The molecule has 0 saturated carbocycles. The number of rotatable bonds is 3. The van der Waals surface area contributed by atoms with Crippen molar-refractivity contribution < 1.29 is 5.11 Å². The first-order valence-corrected chi connectivity index (χ1v) is 7.37. The van der Waals surface area contributed by atoms with Crippen LogP contribution in [0.4, 0.5) is 5.69 Å². The highest BCUT2D eigenvalue weighted by Gasteiger charge is 2.04. The number of phenolic OH excluding ortho intramolecular Hbond substituents is 1. The highest BCUT2D eigenvalue weighted by Crippen LogP contribution is 2.25. The minimum atomic E-state index is 0.389. The van der Waals surface area contributed by atoms with E-state index >= 15 is 0 Å². The van der Waals surface area contributed by atoms with Gasteiger partial charge in [0.25, 0.3) is 0 Å². The van der Waals surface area contributed by atoms with Gasteiger partial charge >= 0.3 is 0 Å². The third-order valence-electron chi connectivity index (χ3n) is 3.38. The Labute approximate surface area is 121 Å². The molecular formula is C16H16N2OS.